The predicted molar refractivity (Wildman–Crippen MR) is 134 cm³/mol. The summed E-state index contributed by atoms with van der Waals surface area (Å²) < 4.78 is 5.32. The maximum absolute atomic E-state index is 5.32. The smallest absolute Gasteiger partial charge is 0.191 e. The van der Waals surface area contributed by atoms with Gasteiger partial charge in [-0.2, -0.15) is 0 Å². The van der Waals surface area contributed by atoms with E-state index >= 15 is 0 Å². The standard InChI is InChI=1S/C23H33N5O.HI/c1-4-24-23(26-16-21-18(2)8-7-13-25-21)27-17-22(28-14-5-6-15-28)19-9-11-20(29-3)12-10-19;/h7-13,22H,4-6,14-17H2,1-3H3,(H2,24,26,27);1H. The van der Waals surface area contributed by atoms with Gasteiger partial charge in [-0.05, 0) is 69.1 Å². The number of nitrogens with zero attached hydrogens (tertiary/aromatic N) is 3. The van der Waals surface area contributed by atoms with Crippen LogP contribution in [0.3, 0.4) is 0 Å². The molecule has 0 amide bonds. The van der Waals surface area contributed by atoms with Crippen LogP contribution in [-0.2, 0) is 6.54 Å². The van der Waals surface area contributed by atoms with Gasteiger partial charge in [0.05, 0.1) is 25.4 Å². The van der Waals surface area contributed by atoms with Crippen molar-refractivity contribution in [2.75, 3.05) is 33.3 Å². The molecule has 2 heterocycles. The van der Waals surface area contributed by atoms with Crippen LogP contribution in [0.5, 0.6) is 5.75 Å². The fourth-order valence-corrected chi connectivity index (χ4v) is 3.71. The highest BCUT2D eigenvalue weighted by molar-refractivity contribution is 14.0. The van der Waals surface area contributed by atoms with Crippen LogP contribution in [0, 0.1) is 6.92 Å². The van der Waals surface area contributed by atoms with Crippen LogP contribution in [-0.4, -0.2) is 49.1 Å². The average molecular weight is 523 g/mol. The van der Waals surface area contributed by atoms with Crippen LogP contribution in [0.15, 0.2) is 47.6 Å². The van der Waals surface area contributed by atoms with Crippen molar-refractivity contribution in [3.63, 3.8) is 0 Å². The summed E-state index contributed by atoms with van der Waals surface area (Å²) in [5.41, 5.74) is 3.48. The highest BCUT2D eigenvalue weighted by atomic mass is 127. The average Bonchev–Trinajstić information content (AvgIpc) is 3.28. The van der Waals surface area contributed by atoms with Crippen molar-refractivity contribution >= 4 is 29.9 Å². The van der Waals surface area contributed by atoms with Gasteiger partial charge in [0.2, 0.25) is 0 Å². The van der Waals surface area contributed by atoms with Crippen molar-refractivity contribution in [3.05, 3.63) is 59.4 Å². The van der Waals surface area contributed by atoms with Gasteiger partial charge in [0.15, 0.2) is 5.96 Å². The molecule has 1 aromatic carbocycles. The lowest BCUT2D eigenvalue weighted by Gasteiger charge is -2.29. The molecule has 1 saturated heterocycles. The maximum Gasteiger partial charge on any atom is 0.191 e. The molecule has 0 saturated carbocycles. The number of aryl methyl sites for hydroxylation is 1. The van der Waals surface area contributed by atoms with Gasteiger partial charge in [-0.15, -0.1) is 24.0 Å². The fraction of sp³-hybridized carbons (Fsp3) is 0.478. The molecule has 1 aliphatic rings. The molecule has 2 N–H and O–H groups in total. The summed E-state index contributed by atoms with van der Waals surface area (Å²) in [4.78, 5) is 11.8. The lowest BCUT2D eigenvalue weighted by Crippen LogP contribution is -2.42. The first kappa shape index (κ1) is 24.4. The van der Waals surface area contributed by atoms with E-state index in [-0.39, 0.29) is 24.0 Å². The van der Waals surface area contributed by atoms with E-state index in [1.165, 1.54) is 24.0 Å². The zero-order chi connectivity index (χ0) is 20.5. The fourth-order valence-electron chi connectivity index (χ4n) is 3.71. The molecule has 1 aliphatic heterocycles. The topological polar surface area (TPSA) is 61.8 Å². The van der Waals surface area contributed by atoms with Gasteiger partial charge in [-0.25, -0.2) is 4.99 Å². The zero-order valence-electron chi connectivity index (χ0n) is 18.2. The van der Waals surface area contributed by atoms with E-state index in [0.29, 0.717) is 12.6 Å². The first-order valence-corrected chi connectivity index (χ1v) is 10.5. The molecule has 0 aliphatic carbocycles. The molecule has 3 rings (SSSR count). The lowest BCUT2D eigenvalue weighted by molar-refractivity contribution is 0.245. The highest BCUT2D eigenvalue weighted by Gasteiger charge is 2.23. The molecule has 2 aromatic rings. The number of guanidine groups is 1. The van der Waals surface area contributed by atoms with Gasteiger partial charge in [-0.3, -0.25) is 9.88 Å². The molecule has 0 spiro atoms. The first-order valence-electron chi connectivity index (χ1n) is 10.5. The van der Waals surface area contributed by atoms with E-state index in [1.54, 1.807) is 7.11 Å². The molecule has 30 heavy (non-hydrogen) atoms. The van der Waals surface area contributed by atoms with Gasteiger partial charge in [0.25, 0.3) is 0 Å². The Hall–Kier alpha value is -1.87. The Morgan fingerprint density at radius 3 is 2.53 bits per heavy atom. The van der Waals surface area contributed by atoms with Crippen molar-refractivity contribution < 1.29 is 4.74 Å². The molecule has 0 radical (unpaired) electrons. The number of nitrogens with one attached hydrogen (secondary N) is 2. The molecule has 1 fully saturated rings. The predicted octanol–water partition coefficient (Wildman–Crippen LogP) is 3.91. The van der Waals surface area contributed by atoms with E-state index in [4.69, 9.17) is 9.73 Å². The lowest BCUT2D eigenvalue weighted by atomic mass is 10.1. The Morgan fingerprint density at radius 1 is 1.17 bits per heavy atom. The minimum absolute atomic E-state index is 0. The molecule has 1 unspecified atom stereocenters. The summed E-state index contributed by atoms with van der Waals surface area (Å²) in [7, 11) is 1.71. The third-order valence-electron chi connectivity index (χ3n) is 5.39. The van der Waals surface area contributed by atoms with Gasteiger partial charge in [0, 0.05) is 19.3 Å². The number of methoxy groups -OCH3 is 1. The number of pyridine rings is 1. The number of halogens is 1. The third-order valence-corrected chi connectivity index (χ3v) is 5.39. The van der Waals surface area contributed by atoms with E-state index in [9.17, 15) is 0 Å². The minimum Gasteiger partial charge on any atom is -0.497 e. The number of aromatic nitrogens is 1. The minimum atomic E-state index is 0. The second kappa shape index (κ2) is 12.7. The number of hydrogen-bond acceptors (Lipinski definition) is 4. The van der Waals surface area contributed by atoms with E-state index < -0.39 is 0 Å². The zero-order valence-corrected chi connectivity index (χ0v) is 20.6. The number of aliphatic imine (C=N–C) groups is 1. The number of likely N-dealkylation sites (tertiary alicyclic amines) is 1. The molecule has 1 atom stereocenters. The Balaban J connectivity index is 0.00000320. The van der Waals surface area contributed by atoms with Crippen molar-refractivity contribution in [2.24, 2.45) is 4.99 Å². The first-order chi connectivity index (χ1) is 14.2. The Bertz CT molecular complexity index is 790. The molecule has 164 valence electrons. The molecule has 6 nitrogen and oxygen atoms in total. The van der Waals surface area contributed by atoms with Crippen molar-refractivity contribution in [1.82, 2.24) is 20.5 Å². The number of rotatable bonds is 8. The SMILES string of the molecule is CCNC(=NCc1ncccc1C)NCC(c1ccc(OC)cc1)N1CCCC1.I. The Labute approximate surface area is 197 Å². The molecule has 1 aromatic heterocycles. The maximum atomic E-state index is 5.32. The summed E-state index contributed by atoms with van der Waals surface area (Å²) in [6.45, 7) is 8.64. The van der Waals surface area contributed by atoms with E-state index in [1.807, 2.05) is 24.4 Å². The second-order valence-corrected chi connectivity index (χ2v) is 7.38. The quantitative estimate of drug-likeness (QED) is 0.312. The molecular weight excluding hydrogens is 489 g/mol. The Kier molecular flexibility index (Phi) is 10.4. The van der Waals surface area contributed by atoms with Crippen molar-refractivity contribution in [2.45, 2.75) is 39.3 Å². The van der Waals surface area contributed by atoms with Gasteiger partial charge in [0.1, 0.15) is 5.75 Å². The Morgan fingerprint density at radius 2 is 1.90 bits per heavy atom. The van der Waals surface area contributed by atoms with Crippen LogP contribution >= 0.6 is 24.0 Å². The van der Waals surface area contributed by atoms with Crippen molar-refractivity contribution in [3.8, 4) is 5.75 Å². The largest absolute Gasteiger partial charge is 0.497 e. The summed E-state index contributed by atoms with van der Waals surface area (Å²) in [6.07, 6.45) is 4.35. The van der Waals surface area contributed by atoms with Crippen LogP contribution in [0.1, 0.15) is 42.6 Å². The molecule has 0 bridgehead atoms. The summed E-state index contributed by atoms with van der Waals surface area (Å²) in [6, 6.07) is 12.8. The van der Waals surface area contributed by atoms with Crippen LogP contribution < -0.4 is 15.4 Å². The van der Waals surface area contributed by atoms with Crippen LogP contribution in [0.4, 0.5) is 0 Å². The van der Waals surface area contributed by atoms with Crippen molar-refractivity contribution in [1.29, 1.82) is 0 Å². The molecule has 7 heteroatoms. The van der Waals surface area contributed by atoms with Gasteiger partial charge in [-0.1, -0.05) is 18.2 Å². The van der Waals surface area contributed by atoms with Gasteiger partial charge >= 0.3 is 0 Å². The number of hydrogen-bond donors (Lipinski definition) is 2. The molecular formula is C23H34IN5O. The summed E-state index contributed by atoms with van der Waals surface area (Å²) in [5, 5.41) is 6.91. The van der Waals surface area contributed by atoms with E-state index in [0.717, 1.165) is 43.6 Å². The monoisotopic (exact) mass is 523 g/mol. The number of ether oxygens (including phenoxy) is 1. The van der Waals surface area contributed by atoms with E-state index in [2.05, 4.69) is 52.6 Å². The van der Waals surface area contributed by atoms with Crippen LogP contribution in [0.25, 0.3) is 0 Å². The summed E-state index contributed by atoms with van der Waals surface area (Å²) in [5.74, 6) is 1.72. The van der Waals surface area contributed by atoms with Crippen LogP contribution in [0.2, 0.25) is 0 Å². The number of benzene rings is 1. The normalized spacial score (nSPS) is 15.4. The third kappa shape index (κ3) is 6.84. The summed E-state index contributed by atoms with van der Waals surface area (Å²) >= 11 is 0. The van der Waals surface area contributed by atoms with Gasteiger partial charge < -0.3 is 15.4 Å². The highest BCUT2D eigenvalue weighted by Crippen LogP contribution is 2.26. The second-order valence-electron chi connectivity index (χ2n) is 7.38.